The average molecular weight is 376 g/mol. The Bertz CT molecular complexity index is 850. The summed E-state index contributed by atoms with van der Waals surface area (Å²) < 4.78 is 0. The van der Waals surface area contributed by atoms with E-state index in [1.165, 1.54) is 56.5 Å². The molecule has 150 valence electrons. The highest BCUT2D eigenvalue weighted by molar-refractivity contribution is 5.93. The van der Waals surface area contributed by atoms with Gasteiger partial charge in [-0.1, -0.05) is 42.0 Å². The van der Waals surface area contributed by atoms with Crippen molar-refractivity contribution in [1.82, 2.24) is 4.90 Å². The van der Waals surface area contributed by atoms with Crippen LogP contribution >= 0.6 is 0 Å². The lowest BCUT2D eigenvalue weighted by Crippen LogP contribution is -2.13. The van der Waals surface area contributed by atoms with Crippen molar-refractivity contribution in [3.05, 3.63) is 80.9 Å². The first-order chi connectivity index (χ1) is 13.1. The molecule has 0 bridgehead atoms. The summed E-state index contributed by atoms with van der Waals surface area (Å²) in [6.45, 7) is 18.6. The molecule has 0 atom stereocenters. The summed E-state index contributed by atoms with van der Waals surface area (Å²) in [5.41, 5.74) is 13.1. The Morgan fingerprint density at radius 3 is 1.89 bits per heavy atom. The van der Waals surface area contributed by atoms with Gasteiger partial charge in [0.05, 0.1) is 0 Å². The number of benzene rings is 2. The van der Waals surface area contributed by atoms with Gasteiger partial charge in [-0.2, -0.15) is 0 Å². The van der Waals surface area contributed by atoms with Crippen LogP contribution < -0.4 is 0 Å². The minimum absolute atomic E-state index is 1.12. The van der Waals surface area contributed by atoms with Gasteiger partial charge in [0.1, 0.15) is 0 Å². The predicted octanol–water partition coefficient (Wildman–Crippen LogP) is 6.84. The van der Waals surface area contributed by atoms with Crippen LogP contribution in [0.25, 0.3) is 11.6 Å². The van der Waals surface area contributed by atoms with Crippen LogP contribution in [0.4, 0.5) is 0 Å². The molecular weight excluding hydrogens is 338 g/mol. The van der Waals surface area contributed by atoms with Crippen molar-refractivity contribution in [2.45, 2.75) is 54.4 Å². The SMILES string of the molecule is C=C(C)C(=Cc1c(C)cc(C)cc1C)c1c(C)cc(CCCN(C)C)cc1C. The molecule has 2 aromatic carbocycles. The standard InChI is InChI=1S/C27H37N/c1-18(2)25(17-26-20(4)13-19(3)14-21(26)5)27-22(6)15-24(16-23(27)7)11-10-12-28(8)9/h13-17H,1,10-12H2,2-9H3. The zero-order valence-corrected chi connectivity index (χ0v) is 19.2. The highest BCUT2D eigenvalue weighted by Gasteiger charge is 2.13. The number of nitrogens with zero attached hydrogens (tertiary/aromatic N) is 1. The van der Waals surface area contributed by atoms with Crippen LogP contribution in [-0.2, 0) is 6.42 Å². The molecule has 0 aliphatic rings. The number of allylic oxidation sites excluding steroid dienone is 2. The van der Waals surface area contributed by atoms with Gasteiger partial charge in [-0.3, -0.25) is 0 Å². The fourth-order valence-electron chi connectivity index (χ4n) is 4.19. The maximum absolute atomic E-state index is 4.30. The lowest BCUT2D eigenvalue weighted by Gasteiger charge is -2.18. The molecule has 1 nitrogen and oxygen atoms in total. The molecule has 0 saturated heterocycles. The Morgan fingerprint density at radius 2 is 1.43 bits per heavy atom. The maximum atomic E-state index is 4.30. The van der Waals surface area contributed by atoms with Crippen molar-refractivity contribution in [3.8, 4) is 0 Å². The molecule has 0 fully saturated rings. The first-order valence-electron chi connectivity index (χ1n) is 10.3. The summed E-state index contributed by atoms with van der Waals surface area (Å²) in [4.78, 5) is 2.25. The molecule has 0 aliphatic heterocycles. The normalized spacial score (nSPS) is 12.0. The first-order valence-corrected chi connectivity index (χ1v) is 10.3. The molecule has 0 N–H and O–H groups in total. The first kappa shape index (κ1) is 22.2. The third-order valence-corrected chi connectivity index (χ3v) is 5.42. The van der Waals surface area contributed by atoms with Crippen LogP contribution in [0, 0.1) is 34.6 Å². The van der Waals surface area contributed by atoms with Crippen molar-refractivity contribution in [1.29, 1.82) is 0 Å². The van der Waals surface area contributed by atoms with Gasteiger partial charge in [-0.15, -0.1) is 0 Å². The largest absolute Gasteiger partial charge is 0.309 e. The molecule has 1 heteroatoms. The molecule has 0 amide bonds. The molecule has 28 heavy (non-hydrogen) atoms. The molecule has 0 unspecified atom stereocenters. The molecule has 0 spiro atoms. The number of hydrogen-bond acceptors (Lipinski definition) is 1. The Labute approximate surface area is 172 Å². The van der Waals surface area contributed by atoms with Gasteiger partial charge < -0.3 is 4.90 Å². The van der Waals surface area contributed by atoms with E-state index in [4.69, 9.17) is 0 Å². The lowest BCUT2D eigenvalue weighted by atomic mass is 9.87. The highest BCUT2D eigenvalue weighted by atomic mass is 15.0. The van der Waals surface area contributed by atoms with Crippen LogP contribution in [0.3, 0.4) is 0 Å². The zero-order valence-electron chi connectivity index (χ0n) is 19.2. The van der Waals surface area contributed by atoms with Gasteiger partial charge in [-0.25, -0.2) is 0 Å². The molecule has 0 aromatic heterocycles. The van der Waals surface area contributed by atoms with E-state index in [0.29, 0.717) is 0 Å². The molecule has 0 heterocycles. The lowest BCUT2D eigenvalue weighted by molar-refractivity contribution is 0.400. The maximum Gasteiger partial charge on any atom is -0.00217 e. The third-order valence-electron chi connectivity index (χ3n) is 5.42. The van der Waals surface area contributed by atoms with Gasteiger partial charge in [0.25, 0.3) is 0 Å². The van der Waals surface area contributed by atoms with Crippen molar-refractivity contribution in [2.75, 3.05) is 20.6 Å². The predicted molar refractivity (Wildman–Crippen MR) is 126 cm³/mol. The third kappa shape index (κ3) is 5.45. The van der Waals surface area contributed by atoms with E-state index >= 15 is 0 Å². The fourth-order valence-corrected chi connectivity index (χ4v) is 4.19. The number of hydrogen-bond donors (Lipinski definition) is 0. The molecule has 2 rings (SSSR count). The van der Waals surface area contributed by atoms with Crippen LogP contribution in [-0.4, -0.2) is 25.5 Å². The Balaban J connectivity index is 2.49. The zero-order chi connectivity index (χ0) is 21.0. The second-order valence-corrected chi connectivity index (χ2v) is 8.66. The van der Waals surface area contributed by atoms with Crippen LogP contribution in [0.1, 0.15) is 57.9 Å². The molecule has 2 aromatic rings. The van der Waals surface area contributed by atoms with Crippen molar-refractivity contribution in [2.24, 2.45) is 0 Å². The van der Waals surface area contributed by atoms with Gasteiger partial charge in [-0.05, 0) is 126 Å². The summed E-state index contributed by atoms with van der Waals surface area (Å²) in [6.07, 6.45) is 4.66. The van der Waals surface area contributed by atoms with Gasteiger partial charge in [0.15, 0.2) is 0 Å². The van der Waals surface area contributed by atoms with E-state index in [1.54, 1.807) is 0 Å². The van der Waals surface area contributed by atoms with E-state index in [9.17, 15) is 0 Å². The van der Waals surface area contributed by atoms with Crippen molar-refractivity contribution >= 4 is 11.6 Å². The molecule has 0 aliphatic carbocycles. The van der Waals surface area contributed by atoms with Gasteiger partial charge in [0.2, 0.25) is 0 Å². The quantitative estimate of drug-likeness (QED) is 0.378. The smallest absolute Gasteiger partial charge is 0.00217 e. The molecule has 0 saturated carbocycles. The minimum Gasteiger partial charge on any atom is -0.309 e. The van der Waals surface area contributed by atoms with Gasteiger partial charge in [0, 0.05) is 0 Å². The minimum atomic E-state index is 1.12. The topological polar surface area (TPSA) is 3.24 Å². The summed E-state index contributed by atoms with van der Waals surface area (Å²) >= 11 is 0. The van der Waals surface area contributed by atoms with Crippen LogP contribution in [0.5, 0.6) is 0 Å². The fraction of sp³-hybridized carbons (Fsp3) is 0.407. The number of rotatable bonds is 7. The van der Waals surface area contributed by atoms with E-state index in [1.807, 2.05) is 0 Å². The van der Waals surface area contributed by atoms with E-state index in [0.717, 1.165) is 18.5 Å². The Morgan fingerprint density at radius 1 is 0.893 bits per heavy atom. The molecule has 0 radical (unpaired) electrons. The van der Waals surface area contributed by atoms with Crippen molar-refractivity contribution in [3.63, 3.8) is 0 Å². The second kappa shape index (κ2) is 9.39. The number of aryl methyl sites for hydroxylation is 6. The monoisotopic (exact) mass is 375 g/mol. The summed E-state index contributed by atoms with van der Waals surface area (Å²) in [5, 5.41) is 0. The van der Waals surface area contributed by atoms with E-state index < -0.39 is 0 Å². The Hall–Kier alpha value is -2.12. The van der Waals surface area contributed by atoms with E-state index in [-0.39, 0.29) is 0 Å². The van der Waals surface area contributed by atoms with E-state index in [2.05, 4.69) is 97.5 Å². The summed E-state index contributed by atoms with van der Waals surface area (Å²) in [7, 11) is 4.27. The van der Waals surface area contributed by atoms with Crippen LogP contribution in [0.2, 0.25) is 0 Å². The summed E-state index contributed by atoms with van der Waals surface area (Å²) in [6, 6.07) is 9.26. The second-order valence-electron chi connectivity index (χ2n) is 8.66. The Kier molecular flexibility index (Phi) is 7.43. The van der Waals surface area contributed by atoms with Crippen LogP contribution in [0.15, 0.2) is 36.4 Å². The molecular formula is C27H37N. The van der Waals surface area contributed by atoms with Crippen molar-refractivity contribution < 1.29 is 0 Å². The average Bonchev–Trinajstić information content (AvgIpc) is 2.54. The summed E-state index contributed by atoms with van der Waals surface area (Å²) in [5.74, 6) is 0. The highest BCUT2D eigenvalue weighted by Crippen LogP contribution is 2.33. The van der Waals surface area contributed by atoms with Gasteiger partial charge >= 0.3 is 0 Å².